The Hall–Kier alpha value is 0.195. The number of hydrogen-bond donors (Lipinski definition) is 0. The van der Waals surface area contributed by atoms with Crippen LogP contribution in [0.25, 0.3) is 0 Å². The van der Waals surface area contributed by atoms with Crippen LogP contribution < -0.4 is 0 Å². The molecule has 0 saturated heterocycles. The normalized spacial score (nSPS) is 24.5. The summed E-state index contributed by atoms with van der Waals surface area (Å²) in [6.45, 7) is 0. The molecule has 0 amide bonds. The minimum Gasteiger partial charge on any atom is -0.0782 e. The topological polar surface area (TPSA) is 0 Å². The van der Waals surface area contributed by atoms with Crippen LogP contribution in [0.3, 0.4) is 0 Å². The van der Waals surface area contributed by atoms with Gasteiger partial charge in [0.25, 0.3) is 0 Å². The lowest BCUT2D eigenvalue weighted by Crippen LogP contribution is -2.22. The SMILES string of the molecule is [B]([B]C1CCCCCCCCCC1)[B]C1CCCCCCCCC1. The highest BCUT2D eigenvalue weighted by molar-refractivity contribution is 7.30. The molecule has 2 aliphatic carbocycles. The van der Waals surface area contributed by atoms with E-state index >= 15 is 0 Å². The molecule has 3 radical (unpaired) electrons. The van der Waals surface area contributed by atoms with E-state index in [1.54, 1.807) is 0 Å². The Morgan fingerprint density at radius 1 is 0.333 bits per heavy atom. The fourth-order valence-electron chi connectivity index (χ4n) is 4.62. The summed E-state index contributed by atoms with van der Waals surface area (Å²) in [4.78, 5) is 0. The van der Waals surface area contributed by atoms with Crippen LogP contribution >= 0.6 is 0 Å². The van der Waals surface area contributed by atoms with Gasteiger partial charge in [0.2, 0.25) is 0 Å². The number of rotatable bonds is 4. The van der Waals surface area contributed by atoms with E-state index in [-0.39, 0.29) is 0 Å². The average Bonchev–Trinajstić information content (AvgIpc) is 2.66. The third kappa shape index (κ3) is 10.2. The highest BCUT2D eigenvalue weighted by atomic mass is 14.1. The Morgan fingerprint density at radius 3 is 0.875 bits per heavy atom. The molecule has 0 aliphatic heterocycles. The molecule has 0 aromatic heterocycles. The van der Waals surface area contributed by atoms with Gasteiger partial charge in [-0.3, -0.25) is 0 Å². The molecule has 24 heavy (non-hydrogen) atoms. The van der Waals surface area contributed by atoms with Gasteiger partial charge in [-0.05, 0) is 0 Å². The standard InChI is InChI=1S/C21H40B3/c1-2-5-9-13-17-20(16-12-8-4-1)22-24-23-21-18-14-10-6-3-7-11-15-19-21/h20-21H,1-19H2. The van der Waals surface area contributed by atoms with Crippen molar-refractivity contribution >= 4 is 21.4 Å². The van der Waals surface area contributed by atoms with Crippen LogP contribution in [0.4, 0.5) is 0 Å². The molecule has 2 fully saturated rings. The van der Waals surface area contributed by atoms with E-state index in [1.165, 1.54) is 122 Å². The van der Waals surface area contributed by atoms with Crippen molar-refractivity contribution < 1.29 is 0 Å². The van der Waals surface area contributed by atoms with Crippen molar-refractivity contribution in [2.75, 3.05) is 0 Å². The fraction of sp³-hybridized carbons (Fsp3) is 1.00. The van der Waals surface area contributed by atoms with Crippen LogP contribution in [-0.2, 0) is 0 Å². The van der Waals surface area contributed by atoms with E-state index in [0.29, 0.717) is 0 Å². The van der Waals surface area contributed by atoms with Gasteiger partial charge in [0, 0.05) is 7.06 Å². The summed E-state index contributed by atoms with van der Waals surface area (Å²) in [6.07, 6.45) is 27.8. The molecule has 0 heterocycles. The Labute approximate surface area is 155 Å². The molecule has 133 valence electrons. The third-order valence-corrected chi connectivity index (χ3v) is 6.32. The second-order valence-electron chi connectivity index (χ2n) is 8.56. The van der Waals surface area contributed by atoms with Gasteiger partial charge in [-0.25, -0.2) is 0 Å². The second-order valence-corrected chi connectivity index (χ2v) is 8.56. The maximum Gasteiger partial charge on any atom is 0.0596 e. The molecule has 2 saturated carbocycles. The Morgan fingerprint density at radius 2 is 0.583 bits per heavy atom. The maximum atomic E-state index is 2.58. The zero-order chi connectivity index (χ0) is 16.7. The third-order valence-electron chi connectivity index (χ3n) is 6.32. The molecule has 0 aromatic carbocycles. The molecule has 0 bridgehead atoms. The predicted molar refractivity (Wildman–Crippen MR) is 112 cm³/mol. The fourth-order valence-corrected chi connectivity index (χ4v) is 4.62. The van der Waals surface area contributed by atoms with Gasteiger partial charge >= 0.3 is 0 Å². The zero-order valence-electron chi connectivity index (χ0n) is 16.3. The van der Waals surface area contributed by atoms with Crippen LogP contribution in [0, 0.1) is 0 Å². The van der Waals surface area contributed by atoms with Gasteiger partial charge in [-0.2, -0.15) is 0 Å². The van der Waals surface area contributed by atoms with Crippen LogP contribution in [0.2, 0.25) is 11.6 Å². The molecule has 0 atom stereocenters. The van der Waals surface area contributed by atoms with Crippen molar-refractivity contribution in [1.29, 1.82) is 0 Å². The average molecular weight is 325 g/mol. The summed E-state index contributed by atoms with van der Waals surface area (Å²) in [7, 11) is 7.63. The molecule has 0 aromatic rings. The first kappa shape index (κ1) is 20.5. The first-order valence-electron chi connectivity index (χ1n) is 11.5. The Bertz CT molecular complexity index is 260. The molecule has 0 unspecified atom stereocenters. The van der Waals surface area contributed by atoms with Gasteiger partial charge in [0.05, 0.1) is 14.3 Å². The van der Waals surface area contributed by atoms with Gasteiger partial charge in [-0.15, -0.1) is 0 Å². The van der Waals surface area contributed by atoms with Crippen molar-refractivity contribution in [2.45, 2.75) is 134 Å². The van der Waals surface area contributed by atoms with E-state index in [9.17, 15) is 0 Å². The van der Waals surface area contributed by atoms with E-state index in [4.69, 9.17) is 0 Å². The van der Waals surface area contributed by atoms with Gasteiger partial charge in [-0.1, -0.05) is 134 Å². The molecule has 2 rings (SSSR count). The van der Waals surface area contributed by atoms with Crippen molar-refractivity contribution in [3.63, 3.8) is 0 Å². The summed E-state index contributed by atoms with van der Waals surface area (Å²) in [6, 6.07) is 0. The molecule has 0 N–H and O–H groups in total. The van der Waals surface area contributed by atoms with Gasteiger partial charge < -0.3 is 0 Å². The first-order valence-corrected chi connectivity index (χ1v) is 11.5. The quantitative estimate of drug-likeness (QED) is 0.491. The van der Waals surface area contributed by atoms with Crippen molar-refractivity contribution in [2.24, 2.45) is 0 Å². The zero-order valence-corrected chi connectivity index (χ0v) is 16.3. The number of hydrogen-bond acceptors (Lipinski definition) is 0. The summed E-state index contributed by atoms with van der Waals surface area (Å²) in [5.74, 6) is 1.72. The largest absolute Gasteiger partial charge is 0.0782 e. The van der Waals surface area contributed by atoms with Crippen molar-refractivity contribution in [3.05, 3.63) is 0 Å². The van der Waals surface area contributed by atoms with Crippen LogP contribution in [0.5, 0.6) is 0 Å². The summed E-state index contributed by atoms with van der Waals surface area (Å²) in [5, 5.41) is 0. The van der Waals surface area contributed by atoms with E-state index in [0.717, 1.165) is 11.6 Å². The van der Waals surface area contributed by atoms with Crippen LogP contribution in [0.1, 0.15) is 122 Å². The molecule has 2 aliphatic rings. The van der Waals surface area contributed by atoms with Gasteiger partial charge in [0.1, 0.15) is 0 Å². The molecule has 0 nitrogen and oxygen atoms in total. The second kappa shape index (κ2) is 14.4. The molecule has 0 spiro atoms. The minimum atomic E-state index is 0.860. The van der Waals surface area contributed by atoms with Crippen molar-refractivity contribution in [1.82, 2.24) is 0 Å². The lowest BCUT2D eigenvalue weighted by atomic mass is 9.14. The highest BCUT2D eigenvalue weighted by Crippen LogP contribution is 2.27. The molecular weight excluding hydrogens is 285 g/mol. The van der Waals surface area contributed by atoms with E-state index < -0.39 is 0 Å². The Kier molecular flexibility index (Phi) is 12.3. The van der Waals surface area contributed by atoms with Crippen LogP contribution in [0.15, 0.2) is 0 Å². The lowest BCUT2D eigenvalue weighted by Gasteiger charge is -2.20. The first-order chi connectivity index (χ1) is 11.9. The predicted octanol–water partition coefficient (Wildman–Crippen LogP) is 6.95. The minimum absolute atomic E-state index is 0.860. The molecular formula is C21H40B3. The van der Waals surface area contributed by atoms with E-state index in [2.05, 4.69) is 21.4 Å². The highest BCUT2D eigenvalue weighted by Gasteiger charge is 2.15. The Balaban J connectivity index is 1.63. The summed E-state index contributed by atoms with van der Waals surface area (Å²) >= 11 is 0. The van der Waals surface area contributed by atoms with Gasteiger partial charge in [0.15, 0.2) is 0 Å². The smallest absolute Gasteiger partial charge is 0.0596 e. The van der Waals surface area contributed by atoms with E-state index in [1.807, 2.05) is 0 Å². The van der Waals surface area contributed by atoms with Crippen LogP contribution in [-0.4, -0.2) is 21.4 Å². The molecule has 3 heteroatoms. The summed E-state index contributed by atoms with van der Waals surface area (Å²) in [5.41, 5.74) is 0. The lowest BCUT2D eigenvalue weighted by molar-refractivity contribution is 0.503. The summed E-state index contributed by atoms with van der Waals surface area (Å²) < 4.78 is 0. The maximum absolute atomic E-state index is 2.58. The van der Waals surface area contributed by atoms with Crippen molar-refractivity contribution in [3.8, 4) is 0 Å². The monoisotopic (exact) mass is 325 g/mol.